The average Bonchev–Trinajstić information content (AvgIpc) is 3.65. The highest BCUT2D eigenvalue weighted by atomic mass is 16.3. The summed E-state index contributed by atoms with van der Waals surface area (Å²) in [5.74, 6) is 0. The highest BCUT2D eigenvalue weighted by Gasteiger charge is 2.35. The van der Waals surface area contributed by atoms with Gasteiger partial charge in [0.25, 0.3) is 0 Å². The molecule has 4 nitrogen and oxygen atoms in total. The second-order valence-corrected chi connectivity index (χ2v) is 15.9. The van der Waals surface area contributed by atoms with E-state index in [1.165, 1.54) is 27.8 Å². The van der Waals surface area contributed by atoms with Gasteiger partial charge >= 0.3 is 0 Å². The summed E-state index contributed by atoms with van der Waals surface area (Å²) < 4.78 is 6.51. The van der Waals surface area contributed by atoms with Crippen LogP contribution in [0.25, 0.3) is 66.4 Å². The van der Waals surface area contributed by atoms with Crippen molar-refractivity contribution in [1.82, 2.24) is 0 Å². The van der Waals surface area contributed by atoms with Gasteiger partial charge in [-0.05, 0) is 115 Å². The molecule has 9 aromatic rings. The smallest absolute Gasteiger partial charge is 0.139 e. The quantitative estimate of drug-likeness (QED) is 0.126. The second kappa shape index (κ2) is 13.1. The van der Waals surface area contributed by atoms with Crippen LogP contribution in [-0.2, 0) is 5.41 Å². The minimum atomic E-state index is -0.139. The van der Waals surface area contributed by atoms with Crippen LogP contribution >= 0.6 is 0 Å². The van der Waals surface area contributed by atoms with E-state index >= 15 is 0 Å². The van der Waals surface area contributed by atoms with E-state index in [1.54, 1.807) is 0 Å². The first-order chi connectivity index (χ1) is 28.5. The number of allylic oxidation sites excluding steroid dienone is 2. The second-order valence-electron chi connectivity index (χ2n) is 15.9. The van der Waals surface area contributed by atoms with Gasteiger partial charge in [0.2, 0.25) is 0 Å². The van der Waals surface area contributed by atoms with Crippen LogP contribution in [0.3, 0.4) is 0 Å². The zero-order valence-corrected chi connectivity index (χ0v) is 32.2. The molecule has 0 bridgehead atoms. The Balaban J connectivity index is 1.05. The summed E-state index contributed by atoms with van der Waals surface area (Å²) in [7, 11) is 0. The zero-order valence-electron chi connectivity index (χ0n) is 32.2. The summed E-state index contributed by atoms with van der Waals surface area (Å²) in [4.78, 5) is 14.4. The third kappa shape index (κ3) is 5.22. The third-order valence-corrected chi connectivity index (χ3v) is 12.3. The van der Waals surface area contributed by atoms with Gasteiger partial charge in [0.15, 0.2) is 0 Å². The van der Waals surface area contributed by atoms with Crippen LogP contribution in [0.5, 0.6) is 0 Å². The molecule has 0 spiro atoms. The van der Waals surface area contributed by atoms with Crippen LogP contribution in [-0.4, -0.2) is 0 Å². The molecule has 2 aliphatic carbocycles. The lowest BCUT2D eigenvalue weighted by Crippen LogP contribution is -2.22. The van der Waals surface area contributed by atoms with Crippen molar-refractivity contribution in [1.29, 1.82) is 0 Å². The molecular weight excluding hydrogens is 709 g/mol. The molecule has 0 N–H and O–H groups in total. The predicted octanol–water partition coefficient (Wildman–Crippen LogP) is 13.5. The van der Waals surface area contributed by atoms with E-state index in [2.05, 4.69) is 170 Å². The highest BCUT2D eigenvalue weighted by Crippen LogP contribution is 2.51. The fraction of sp³-hybridized carbons (Fsp3) is 0.0741. The maximum atomic E-state index is 12.0. The number of furan rings is 1. The Labute approximate surface area is 336 Å². The van der Waals surface area contributed by atoms with Crippen molar-refractivity contribution in [3.05, 3.63) is 208 Å². The highest BCUT2D eigenvalue weighted by molar-refractivity contribution is 6.17. The molecule has 0 atom stereocenters. The van der Waals surface area contributed by atoms with Crippen molar-refractivity contribution < 1.29 is 4.42 Å². The molecular formula is C54H38N2O2. The Hall–Kier alpha value is -7.30. The molecule has 11 rings (SSSR count). The van der Waals surface area contributed by atoms with Crippen molar-refractivity contribution >= 4 is 66.9 Å². The monoisotopic (exact) mass is 746 g/mol. The summed E-state index contributed by atoms with van der Waals surface area (Å²) in [6.45, 7) is 4.66. The van der Waals surface area contributed by atoms with Crippen LogP contribution in [0.1, 0.15) is 37.0 Å². The van der Waals surface area contributed by atoms with Crippen molar-refractivity contribution in [2.24, 2.45) is 5.18 Å². The van der Waals surface area contributed by atoms with E-state index in [0.717, 1.165) is 83.3 Å². The molecule has 0 radical (unpaired) electrons. The summed E-state index contributed by atoms with van der Waals surface area (Å²) in [5.41, 5.74) is 15.1. The number of para-hydroxylation sites is 1. The number of benzene rings is 8. The Bertz CT molecular complexity index is 3300. The number of nitrogens with zero attached hydrogens (tertiary/aromatic N) is 2. The van der Waals surface area contributed by atoms with Gasteiger partial charge in [-0.3, -0.25) is 0 Å². The van der Waals surface area contributed by atoms with Crippen LogP contribution in [0.4, 0.5) is 22.7 Å². The van der Waals surface area contributed by atoms with E-state index in [1.807, 2.05) is 36.4 Å². The number of rotatable bonds is 6. The summed E-state index contributed by atoms with van der Waals surface area (Å²) >= 11 is 0. The minimum absolute atomic E-state index is 0.139. The zero-order chi connectivity index (χ0) is 39.0. The van der Waals surface area contributed by atoms with Gasteiger partial charge in [-0.25, -0.2) is 0 Å². The van der Waals surface area contributed by atoms with Gasteiger partial charge < -0.3 is 9.32 Å². The van der Waals surface area contributed by atoms with Gasteiger partial charge in [-0.2, -0.15) is 0 Å². The summed E-state index contributed by atoms with van der Waals surface area (Å²) in [6, 6.07) is 58.0. The van der Waals surface area contributed by atoms with Crippen molar-refractivity contribution in [3.8, 4) is 22.3 Å². The normalized spacial score (nSPS) is 13.9. The van der Waals surface area contributed by atoms with Gasteiger partial charge in [0.1, 0.15) is 16.7 Å². The van der Waals surface area contributed by atoms with E-state index in [9.17, 15) is 4.91 Å². The molecule has 8 aromatic carbocycles. The Morgan fingerprint density at radius 2 is 1.26 bits per heavy atom. The van der Waals surface area contributed by atoms with Crippen molar-refractivity contribution in [3.63, 3.8) is 0 Å². The molecule has 0 aliphatic heterocycles. The van der Waals surface area contributed by atoms with E-state index in [4.69, 9.17) is 4.42 Å². The molecule has 58 heavy (non-hydrogen) atoms. The standard InChI is InChI=1S/C54H38N2O2/c1-54(2)48-17-9-7-14-43(48)44-30-28-39(33-49(44)54)56(38-26-21-36(22-27-38)42-13-5-6-16-47-45-15-8-10-18-51(45)58-53(42)47)37-24-19-35(20-25-37)40-31-32-50(55-57)52-41-12-4-3-11-34(41)23-29-46(40)52/h3-12,14-33H,13H2,1-2H3. The average molecular weight is 747 g/mol. The summed E-state index contributed by atoms with van der Waals surface area (Å²) in [5, 5.41) is 9.69. The number of hydrogen-bond acceptors (Lipinski definition) is 4. The molecule has 0 saturated heterocycles. The molecule has 1 heterocycles. The van der Waals surface area contributed by atoms with E-state index in [-0.39, 0.29) is 5.41 Å². The van der Waals surface area contributed by atoms with Gasteiger partial charge in [0.05, 0.1) is 0 Å². The minimum Gasteiger partial charge on any atom is -0.456 e. The van der Waals surface area contributed by atoms with Crippen LogP contribution in [0.2, 0.25) is 0 Å². The molecule has 4 heteroatoms. The molecule has 0 fully saturated rings. The maximum Gasteiger partial charge on any atom is 0.139 e. The predicted molar refractivity (Wildman–Crippen MR) is 241 cm³/mol. The number of anilines is 3. The van der Waals surface area contributed by atoms with Crippen LogP contribution < -0.4 is 15.5 Å². The van der Waals surface area contributed by atoms with E-state index < -0.39 is 0 Å². The van der Waals surface area contributed by atoms with Crippen molar-refractivity contribution in [2.75, 3.05) is 4.90 Å². The number of fused-ring (bicyclic) bond motifs is 9. The first-order valence-electron chi connectivity index (χ1n) is 19.9. The fourth-order valence-corrected chi connectivity index (χ4v) is 9.46. The van der Waals surface area contributed by atoms with Gasteiger partial charge in [-0.1, -0.05) is 147 Å². The molecule has 2 aliphatic rings. The number of hydrogen-bond donors (Lipinski definition) is 0. The molecule has 276 valence electrons. The lowest BCUT2D eigenvalue weighted by molar-refractivity contribution is 0.571. The lowest BCUT2D eigenvalue weighted by Gasteiger charge is -2.28. The van der Waals surface area contributed by atoms with Crippen LogP contribution in [0.15, 0.2) is 186 Å². The fourth-order valence-electron chi connectivity index (χ4n) is 9.46. The topological polar surface area (TPSA) is 45.8 Å². The maximum absolute atomic E-state index is 12.0. The lowest BCUT2D eigenvalue weighted by atomic mass is 9.82. The van der Waals surface area contributed by atoms with Crippen LogP contribution in [0, 0.1) is 4.91 Å². The van der Waals surface area contributed by atoms with Gasteiger partial charge in [0, 0.05) is 44.0 Å². The molecule has 0 unspecified atom stereocenters. The third-order valence-electron chi connectivity index (χ3n) is 12.3. The Kier molecular flexibility index (Phi) is 7.70. The summed E-state index contributed by atoms with van der Waals surface area (Å²) in [6.07, 6.45) is 7.29. The first-order valence-corrected chi connectivity index (χ1v) is 19.9. The number of nitroso groups, excluding NO2 is 1. The Morgan fingerprint density at radius 3 is 2.07 bits per heavy atom. The van der Waals surface area contributed by atoms with E-state index in [0.29, 0.717) is 5.69 Å². The molecule has 0 amide bonds. The SMILES string of the molecule is CC1(C)c2ccccc2-c2ccc(N(c3ccc(C4=c5oc6ccccc6c5=CC=CC4)cc3)c3ccc(-c4ccc(N=O)c5c4ccc4ccccc45)cc3)cc21. The largest absolute Gasteiger partial charge is 0.456 e. The van der Waals surface area contributed by atoms with Gasteiger partial charge in [-0.15, -0.1) is 4.91 Å². The first kappa shape index (κ1) is 34.0. The Morgan fingerprint density at radius 1 is 0.586 bits per heavy atom. The van der Waals surface area contributed by atoms with Crippen molar-refractivity contribution in [2.45, 2.75) is 25.7 Å². The molecule has 0 saturated carbocycles. The molecule has 1 aromatic heterocycles.